The Hall–Kier alpha value is -1.99. The van der Waals surface area contributed by atoms with Crippen molar-refractivity contribution < 1.29 is 23.7 Å². The van der Waals surface area contributed by atoms with Crippen LogP contribution in [0.2, 0.25) is 0 Å². The normalized spacial score (nSPS) is 22.2. The number of methoxy groups -OCH3 is 3. The molecule has 0 saturated heterocycles. The van der Waals surface area contributed by atoms with E-state index in [1.807, 2.05) is 18.2 Å². The smallest absolute Gasteiger partial charge is 0.239 e. The summed E-state index contributed by atoms with van der Waals surface area (Å²) < 4.78 is 21.9. The Morgan fingerprint density at radius 1 is 1.12 bits per heavy atom. The third kappa shape index (κ3) is 5.02. The molecule has 0 aromatic heterocycles. The molecular formula is C19H30N2O5. The van der Waals surface area contributed by atoms with E-state index in [1.54, 1.807) is 28.3 Å². The summed E-state index contributed by atoms with van der Waals surface area (Å²) in [5.41, 5.74) is 5.89. The minimum atomic E-state index is -0.657. The molecule has 2 atom stereocenters. The van der Waals surface area contributed by atoms with Gasteiger partial charge in [0.05, 0.1) is 26.4 Å². The molecule has 0 radical (unpaired) electrons. The highest BCUT2D eigenvalue weighted by molar-refractivity contribution is 5.82. The van der Waals surface area contributed by atoms with Gasteiger partial charge in [-0.05, 0) is 44.7 Å². The molecule has 2 rings (SSSR count). The van der Waals surface area contributed by atoms with Crippen LogP contribution in [0.25, 0.3) is 0 Å². The Bertz CT molecular complexity index is 587. The van der Waals surface area contributed by atoms with E-state index >= 15 is 0 Å². The van der Waals surface area contributed by atoms with Crippen LogP contribution in [-0.2, 0) is 9.53 Å². The first-order valence-corrected chi connectivity index (χ1v) is 8.96. The maximum absolute atomic E-state index is 12.2. The van der Waals surface area contributed by atoms with Crippen LogP contribution in [0.15, 0.2) is 18.2 Å². The fraction of sp³-hybridized carbons (Fsp3) is 0.632. The zero-order chi connectivity index (χ0) is 19.1. The summed E-state index contributed by atoms with van der Waals surface area (Å²) in [6, 6.07) is 5.04. The summed E-state index contributed by atoms with van der Waals surface area (Å²) >= 11 is 0. The summed E-state index contributed by atoms with van der Waals surface area (Å²) in [4.78, 5) is 12.2. The molecule has 7 nitrogen and oxygen atoms in total. The Labute approximate surface area is 155 Å². The minimum Gasteiger partial charge on any atom is -0.493 e. The molecule has 1 aliphatic carbocycles. The number of nitrogens with two attached hydrogens (primary N) is 1. The van der Waals surface area contributed by atoms with E-state index in [4.69, 9.17) is 24.7 Å². The van der Waals surface area contributed by atoms with E-state index in [0.29, 0.717) is 17.2 Å². The van der Waals surface area contributed by atoms with Crippen molar-refractivity contribution in [3.63, 3.8) is 0 Å². The van der Waals surface area contributed by atoms with Crippen molar-refractivity contribution in [2.45, 2.75) is 56.9 Å². The second-order valence-electron chi connectivity index (χ2n) is 6.56. The van der Waals surface area contributed by atoms with Crippen LogP contribution >= 0.6 is 0 Å². The molecule has 0 unspecified atom stereocenters. The highest BCUT2D eigenvalue weighted by atomic mass is 16.5. The van der Waals surface area contributed by atoms with Crippen molar-refractivity contribution in [1.82, 2.24) is 5.32 Å². The number of para-hydroxylation sites is 1. The van der Waals surface area contributed by atoms with Gasteiger partial charge in [0.25, 0.3) is 0 Å². The molecule has 0 heterocycles. The lowest BCUT2D eigenvalue weighted by Gasteiger charge is -2.31. The highest BCUT2D eigenvalue weighted by Gasteiger charge is 2.28. The van der Waals surface area contributed by atoms with Gasteiger partial charge in [-0.1, -0.05) is 6.07 Å². The average Bonchev–Trinajstić information content (AvgIpc) is 2.67. The molecule has 0 aliphatic heterocycles. The molecule has 1 aliphatic rings. The fourth-order valence-electron chi connectivity index (χ4n) is 3.11. The molecule has 3 N–H and O–H groups in total. The van der Waals surface area contributed by atoms with Gasteiger partial charge in [-0.2, -0.15) is 0 Å². The summed E-state index contributed by atoms with van der Waals surface area (Å²) in [5, 5.41) is 3.01. The molecule has 1 aromatic carbocycles. The number of benzene rings is 1. The minimum absolute atomic E-state index is 0.0794. The Morgan fingerprint density at radius 3 is 2.35 bits per heavy atom. The first kappa shape index (κ1) is 20.3. The molecule has 1 amide bonds. The van der Waals surface area contributed by atoms with Crippen LogP contribution in [-0.4, -0.2) is 51.5 Å². The van der Waals surface area contributed by atoms with Gasteiger partial charge in [-0.25, -0.2) is 0 Å². The monoisotopic (exact) mass is 366 g/mol. The fourth-order valence-corrected chi connectivity index (χ4v) is 3.11. The SMILES string of the molecule is COc1cccc(OC2CCC(NC(=O)[C@@H](N)[C@@H](C)OC)CC2)c1OC. The van der Waals surface area contributed by atoms with E-state index in [1.165, 1.54) is 0 Å². The maximum atomic E-state index is 12.2. The molecule has 7 heteroatoms. The van der Waals surface area contributed by atoms with Crippen molar-refractivity contribution in [1.29, 1.82) is 0 Å². The topological polar surface area (TPSA) is 92.0 Å². The van der Waals surface area contributed by atoms with Gasteiger partial charge in [0, 0.05) is 13.2 Å². The van der Waals surface area contributed by atoms with Crippen molar-refractivity contribution >= 4 is 5.91 Å². The highest BCUT2D eigenvalue weighted by Crippen LogP contribution is 2.38. The van der Waals surface area contributed by atoms with Gasteiger partial charge in [-0.3, -0.25) is 4.79 Å². The second kappa shape index (κ2) is 9.64. The second-order valence-corrected chi connectivity index (χ2v) is 6.56. The molecular weight excluding hydrogens is 336 g/mol. The Morgan fingerprint density at radius 2 is 1.77 bits per heavy atom. The van der Waals surface area contributed by atoms with Crippen LogP contribution in [0.5, 0.6) is 17.2 Å². The summed E-state index contributed by atoms with van der Waals surface area (Å²) in [7, 11) is 4.75. The number of ether oxygens (including phenoxy) is 4. The van der Waals surface area contributed by atoms with Crippen molar-refractivity contribution in [2.24, 2.45) is 5.73 Å². The molecule has 1 fully saturated rings. The van der Waals surface area contributed by atoms with Gasteiger partial charge in [0.15, 0.2) is 11.5 Å². The van der Waals surface area contributed by atoms with E-state index in [0.717, 1.165) is 25.7 Å². The van der Waals surface area contributed by atoms with Crippen molar-refractivity contribution in [3.8, 4) is 17.2 Å². The van der Waals surface area contributed by atoms with E-state index in [2.05, 4.69) is 5.32 Å². The quantitative estimate of drug-likeness (QED) is 0.730. The number of hydrogen-bond acceptors (Lipinski definition) is 6. The van der Waals surface area contributed by atoms with Crippen LogP contribution in [0.1, 0.15) is 32.6 Å². The summed E-state index contributed by atoms with van der Waals surface area (Å²) in [6.07, 6.45) is 3.15. The zero-order valence-electron chi connectivity index (χ0n) is 16.0. The van der Waals surface area contributed by atoms with Gasteiger partial charge < -0.3 is 30.0 Å². The lowest BCUT2D eigenvalue weighted by atomic mass is 9.92. The van der Waals surface area contributed by atoms with Gasteiger partial charge in [-0.15, -0.1) is 0 Å². The molecule has 0 spiro atoms. The van der Waals surface area contributed by atoms with Crippen molar-refractivity contribution in [3.05, 3.63) is 18.2 Å². The Kier molecular flexibility index (Phi) is 7.53. The first-order valence-electron chi connectivity index (χ1n) is 8.96. The number of rotatable bonds is 8. The Balaban J connectivity index is 1.87. The van der Waals surface area contributed by atoms with E-state index in [9.17, 15) is 4.79 Å². The van der Waals surface area contributed by atoms with Crippen LogP contribution in [0, 0.1) is 0 Å². The third-order valence-corrected chi connectivity index (χ3v) is 4.86. The molecule has 1 aromatic rings. The molecule has 146 valence electrons. The molecule has 1 saturated carbocycles. The number of carbonyl (C=O) groups is 1. The number of amides is 1. The third-order valence-electron chi connectivity index (χ3n) is 4.86. The van der Waals surface area contributed by atoms with E-state index in [-0.39, 0.29) is 24.2 Å². The van der Waals surface area contributed by atoms with Gasteiger partial charge in [0.2, 0.25) is 11.7 Å². The molecule has 0 bridgehead atoms. The predicted molar refractivity (Wildman–Crippen MR) is 98.8 cm³/mol. The zero-order valence-corrected chi connectivity index (χ0v) is 16.0. The van der Waals surface area contributed by atoms with E-state index < -0.39 is 6.04 Å². The van der Waals surface area contributed by atoms with Gasteiger partial charge in [0.1, 0.15) is 6.04 Å². The molecule has 26 heavy (non-hydrogen) atoms. The predicted octanol–water partition coefficient (Wildman–Crippen LogP) is 1.87. The lowest BCUT2D eigenvalue weighted by Crippen LogP contribution is -2.51. The number of nitrogens with one attached hydrogen (secondary N) is 1. The summed E-state index contributed by atoms with van der Waals surface area (Å²) in [6.45, 7) is 1.79. The average molecular weight is 366 g/mol. The van der Waals surface area contributed by atoms with Crippen LogP contribution in [0.4, 0.5) is 0 Å². The number of hydrogen-bond donors (Lipinski definition) is 2. The largest absolute Gasteiger partial charge is 0.493 e. The summed E-state index contributed by atoms with van der Waals surface area (Å²) in [5.74, 6) is 1.76. The van der Waals surface area contributed by atoms with Gasteiger partial charge >= 0.3 is 0 Å². The standard InChI is InChI=1S/C19H30N2O5/c1-12(23-2)17(20)19(22)21-13-8-10-14(11-9-13)26-16-7-5-6-15(24-3)18(16)25-4/h5-7,12-14,17H,8-11,20H2,1-4H3,(H,21,22)/t12-,13?,14?,17+/m1/s1. The lowest BCUT2D eigenvalue weighted by molar-refractivity contribution is -0.126. The van der Waals surface area contributed by atoms with Crippen LogP contribution < -0.4 is 25.3 Å². The number of carbonyl (C=O) groups excluding carboxylic acids is 1. The van der Waals surface area contributed by atoms with Crippen LogP contribution in [0.3, 0.4) is 0 Å². The van der Waals surface area contributed by atoms with Crippen molar-refractivity contribution in [2.75, 3.05) is 21.3 Å². The maximum Gasteiger partial charge on any atom is 0.239 e. The first-order chi connectivity index (χ1) is 12.5.